The van der Waals surface area contributed by atoms with Gasteiger partial charge in [-0.05, 0) is 19.1 Å². The van der Waals surface area contributed by atoms with Gasteiger partial charge in [-0.15, -0.1) is 21.5 Å². The average molecular weight is 302 g/mol. The molecule has 0 aliphatic rings. The molecule has 2 N–H and O–H groups in total. The number of thiazole rings is 1. The van der Waals surface area contributed by atoms with Crippen LogP contribution >= 0.6 is 11.3 Å². The van der Waals surface area contributed by atoms with Crippen LogP contribution in [0.4, 0.5) is 10.7 Å². The van der Waals surface area contributed by atoms with Crippen LogP contribution in [-0.4, -0.2) is 32.2 Å². The van der Waals surface area contributed by atoms with Crippen LogP contribution in [0.2, 0.25) is 0 Å². The van der Waals surface area contributed by atoms with E-state index in [1.54, 1.807) is 21.9 Å². The molecule has 0 aliphatic heterocycles. The number of nitrogens with zero attached hydrogens (tertiary/aromatic N) is 4. The lowest BCUT2D eigenvalue weighted by atomic mass is 10.4. The average Bonchev–Trinajstić information content (AvgIpc) is 3.06. The van der Waals surface area contributed by atoms with Gasteiger partial charge >= 0.3 is 6.03 Å². The van der Waals surface area contributed by atoms with E-state index in [1.165, 1.54) is 4.88 Å². The quantitative estimate of drug-likeness (QED) is 0.770. The summed E-state index contributed by atoms with van der Waals surface area (Å²) in [5, 5.41) is 14.4. The van der Waals surface area contributed by atoms with Crippen molar-refractivity contribution in [2.24, 2.45) is 0 Å². The van der Waals surface area contributed by atoms with Gasteiger partial charge in [0.15, 0.2) is 5.65 Å². The second-order valence-electron chi connectivity index (χ2n) is 4.45. The highest BCUT2D eigenvalue weighted by Crippen LogP contribution is 2.11. The summed E-state index contributed by atoms with van der Waals surface area (Å²) in [6, 6.07) is 5.23. The van der Waals surface area contributed by atoms with Crippen molar-refractivity contribution in [3.05, 3.63) is 40.5 Å². The van der Waals surface area contributed by atoms with Crippen molar-refractivity contribution < 1.29 is 4.79 Å². The number of aromatic nitrogens is 4. The fourth-order valence-electron chi connectivity index (χ4n) is 1.87. The predicted molar refractivity (Wildman–Crippen MR) is 80.6 cm³/mol. The number of nitrogens with one attached hydrogen (secondary N) is 2. The predicted octanol–water partition coefficient (Wildman–Crippen LogP) is 1.86. The zero-order chi connectivity index (χ0) is 14.7. The van der Waals surface area contributed by atoms with Crippen molar-refractivity contribution in [3.63, 3.8) is 0 Å². The summed E-state index contributed by atoms with van der Waals surface area (Å²) in [5.74, 6) is 0.396. The molecular formula is C13H14N6OS. The van der Waals surface area contributed by atoms with E-state index in [4.69, 9.17) is 0 Å². The monoisotopic (exact) mass is 302 g/mol. The van der Waals surface area contributed by atoms with Gasteiger partial charge < -0.3 is 5.32 Å². The molecule has 0 fully saturated rings. The molecule has 21 heavy (non-hydrogen) atoms. The van der Waals surface area contributed by atoms with Crippen LogP contribution in [0.15, 0.2) is 30.6 Å². The molecule has 0 aliphatic carbocycles. The molecule has 3 aromatic rings. The zero-order valence-corrected chi connectivity index (χ0v) is 12.2. The molecule has 8 heteroatoms. The normalized spacial score (nSPS) is 10.7. The van der Waals surface area contributed by atoms with E-state index in [-0.39, 0.29) is 6.03 Å². The highest BCUT2D eigenvalue weighted by molar-refractivity contribution is 7.11. The van der Waals surface area contributed by atoms with Crippen LogP contribution in [0.1, 0.15) is 9.88 Å². The van der Waals surface area contributed by atoms with Gasteiger partial charge in [-0.1, -0.05) is 6.07 Å². The minimum Gasteiger partial charge on any atom is -0.337 e. The lowest BCUT2D eigenvalue weighted by Crippen LogP contribution is -2.31. The van der Waals surface area contributed by atoms with Gasteiger partial charge in [0.05, 0.1) is 5.01 Å². The van der Waals surface area contributed by atoms with Crippen LogP contribution in [0.25, 0.3) is 5.65 Å². The first-order valence-electron chi connectivity index (χ1n) is 6.48. The summed E-state index contributed by atoms with van der Waals surface area (Å²) in [6.45, 7) is 2.53. The van der Waals surface area contributed by atoms with Gasteiger partial charge in [-0.3, -0.25) is 9.72 Å². The lowest BCUT2D eigenvalue weighted by molar-refractivity contribution is 0.252. The fraction of sp³-hybridized carbons (Fsp3) is 0.231. The smallest absolute Gasteiger partial charge is 0.321 e. The second-order valence-corrected chi connectivity index (χ2v) is 5.77. The van der Waals surface area contributed by atoms with Gasteiger partial charge in [0.2, 0.25) is 5.95 Å². The number of carbonyl (C=O) groups is 1. The third-order valence-corrected chi connectivity index (χ3v) is 3.81. The van der Waals surface area contributed by atoms with Crippen molar-refractivity contribution in [2.45, 2.75) is 13.3 Å². The van der Waals surface area contributed by atoms with E-state index >= 15 is 0 Å². The highest BCUT2D eigenvalue weighted by Gasteiger charge is 2.08. The molecule has 3 aromatic heterocycles. The molecule has 0 unspecified atom stereocenters. The lowest BCUT2D eigenvalue weighted by Gasteiger charge is -2.05. The van der Waals surface area contributed by atoms with Gasteiger partial charge in [0, 0.05) is 30.2 Å². The first kappa shape index (κ1) is 13.5. The third-order valence-electron chi connectivity index (χ3n) is 2.83. The number of hydrogen-bond donors (Lipinski definition) is 2. The molecule has 108 valence electrons. The number of anilines is 1. The minimum atomic E-state index is -0.304. The largest absolute Gasteiger partial charge is 0.337 e. The standard InChI is InChI=1S/C13H14N6OS/c1-9-8-15-11(21-9)5-6-14-13(20)16-12-18-17-10-4-2-3-7-19(10)12/h2-4,7-8H,5-6H2,1H3,(H2,14,16,18,20). The van der Waals surface area contributed by atoms with E-state index in [0.717, 1.165) is 5.01 Å². The fourth-order valence-corrected chi connectivity index (χ4v) is 2.66. The van der Waals surface area contributed by atoms with Gasteiger partial charge in [0.1, 0.15) is 0 Å². The molecule has 0 saturated carbocycles. The Kier molecular flexibility index (Phi) is 3.78. The van der Waals surface area contributed by atoms with Gasteiger partial charge in [-0.2, -0.15) is 0 Å². The Balaban J connectivity index is 1.54. The molecule has 0 spiro atoms. The molecule has 0 bridgehead atoms. The summed E-state index contributed by atoms with van der Waals surface area (Å²) >= 11 is 1.64. The summed E-state index contributed by atoms with van der Waals surface area (Å²) in [6.07, 6.45) is 4.35. The molecule has 2 amide bonds. The van der Waals surface area contributed by atoms with Crippen LogP contribution < -0.4 is 10.6 Å². The van der Waals surface area contributed by atoms with E-state index in [2.05, 4.69) is 25.8 Å². The Labute approximate surface area is 125 Å². The molecule has 0 atom stereocenters. The molecule has 3 rings (SSSR count). The van der Waals surface area contributed by atoms with Crippen LogP contribution in [0.5, 0.6) is 0 Å². The van der Waals surface area contributed by atoms with Crippen LogP contribution in [0, 0.1) is 6.92 Å². The van der Waals surface area contributed by atoms with Crippen molar-refractivity contribution in [1.82, 2.24) is 24.9 Å². The topological polar surface area (TPSA) is 84.2 Å². The number of hydrogen-bond acceptors (Lipinski definition) is 5. The minimum absolute atomic E-state index is 0.304. The van der Waals surface area contributed by atoms with Crippen LogP contribution in [0.3, 0.4) is 0 Å². The van der Waals surface area contributed by atoms with Gasteiger partial charge in [-0.25, -0.2) is 9.78 Å². The van der Waals surface area contributed by atoms with Gasteiger partial charge in [0.25, 0.3) is 0 Å². The second kappa shape index (κ2) is 5.88. The van der Waals surface area contributed by atoms with E-state index in [9.17, 15) is 4.79 Å². The third kappa shape index (κ3) is 3.16. The number of aryl methyl sites for hydroxylation is 1. The SMILES string of the molecule is Cc1cnc(CCNC(=O)Nc2nnc3ccccn23)s1. The number of carbonyl (C=O) groups excluding carboxylic acids is 1. The van der Waals surface area contributed by atoms with Crippen molar-refractivity contribution >= 4 is 29.0 Å². The number of pyridine rings is 1. The van der Waals surface area contributed by atoms with Crippen molar-refractivity contribution in [2.75, 3.05) is 11.9 Å². The molecule has 7 nitrogen and oxygen atoms in total. The van der Waals surface area contributed by atoms with E-state index in [0.29, 0.717) is 24.6 Å². The Hall–Kier alpha value is -2.48. The number of amides is 2. The first-order valence-corrected chi connectivity index (χ1v) is 7.30. The van der Waals surface area contributed by atoms with E-state index < -0.39 is 0 Å². The molecule has 3 heterocycles. The van der Waals surface area contributed by atoms with E-state index in [1.807, 2.05) is 31.3 Å². The molecule has 0 saturated heterocycles. The molecular weight excluding hydrogens is 288 g/mol. The van der Waals surface area contributed by atoms with Crippen molar-refractivity contribution in [1.29, 1.82) is 0 Å². The molecule has 0 radical (unpaired) electrons. The maximum absolute atomic E-state index is 11.8. The molecule has 0 aromatic carbocycles. The zero-order valence-electron chi connectivity index (χ0n) is 11.4. The number of fused-ring (bicyclic) bond motifs is 1. The summed E-state index contributed by atoms with van der Waals surface area (Å²) in [5.41, 5.74) is 0.686. The Bertz CT molecular complexity index is 765. The number of urea groups is 1. The first-order chi connectivity index (χ1) is 10.2. The van der Waals surface area contributed by atoms with Crippen molar-refractivity contribution in [3.8, 4) is 0 Å². The highest BCUT2D eigenvalue weighted by atomic mass is 32.1. The summed E-state index contributed by atoms with van der Waals surface area (Å²) < 4.78 is 1.71. The number of rotatable bonds is 4. The maximum Gasteiger partial charge on any atom is 0.321 e. The Morgan fingerprint density at radius 3 is 3.10 bits per heavy atom. The summed E-state index contributed by atoms with van der Waals surface area (Å²) in [7, 11) is 0. The maximum atomic E-state index is 11.8. The van der Waals surface area contributed by atoms with Crippen LogP contribution in [-0.2, 0) is 6.42 Å². The Morgan fingerprint density at radius 1 is 1.38 bits per heavy atom. The Morgan fingerprint density at radius 2 is 2.29 bits per heavy atom. The summed E-state index contributed by atoms with van der Waals surface area (Å²) in [4.78, 5) is 17.2.